The molecule has 0 radical (unpaired) electrons. The number of nitrogens with zero attached hydrogens (tertiary/aromatic N) is 1. The molecule has 0 amide bonds. The van der Waals surface area contributed by atoms with Crippen LogP contribution < -0.4 is 0 Å². The molecule has 38 heavy (non-hydrogen) atoms. The molecule has 5 rings (SSSR count). The van der Waals surface area contributed by atoms with Crippen LogP contribution in [0.3, 0.4) is 0 Å². The number of carbonyl (C=O) groups excluding carboxylic acids is 1. The van der Waals surface area contributed by atoms with Crippen molar-refractivity contribution in [3.8, 4) is 11.1 Å². The van der Waals surface area contributed by atoms with Gasteiger partial charge in [-0.2, -0.15) is 0 Å². The first kappa shape index (κ1) is 20.8. The van der Waals surface area contributed by atoms with Crippen molar-refractivity contribution in [3.63, 3.8) is 0 Å². The normalized spacial score (nSPS) is 27.1. The number of ether oxygens (including phenoxy) is 3. The summed E-state index contributed by atoms with van der Waals surface area (Å²) in [5, 5.41) is 0.680. The Morgan fingerprint density at radius 2 is 1.89 bits per heavy atom. The first-order valence-electron chi connectivity index (χ1n) is 15.3. The molecule has 6 heteroatoms. The number of benzene rings is 2. The summed E-state index contributed by atoms with van der Waals surface area (Å²) < 4.78 is 74.2. The van der Waals surface area contributed by atoms with Gasteiger partial charge in [0.1, 0.15) is 11.4 Å². The fourth-order valence-corrected chi connectivity index (χ4v) is 4.82. The second-order valence-electron chi connectivity index (χ2n) is 11.1. The van der Waals surface area contributed by atoms with Crippen LogP contribution in [0.15, 0.2) is 54.6 Å². The SMILES string of the molecule is [2H]C1([2H])C([2H])([2H])C1([2H])c1nc2ccccc2c(-c2ccc(F)cc2)c1/C=C/[C@@H]1C[C@H](CC(=O)OC(C)(C)C)OC(C)(C)O1. The Morgan fingerprint density at radius 1 is 1.18 bits per heavy atom. The van der Waals surface area contributed by atoms with Gasteiger partial charge >= 0.3 is 5.97 Å². The average Bonchev–Trinajstić information content (AvgIpc) is 3.21. The van der Waals surface area contributed by atoms with Crippen LogP contribution in [0.5, 0.6) is 0 Å². The van der Waals surface area contributed by atoms with E-state index in [1.165, 1.54) is 12.1 Å². The van der Waals surface area contributed by atoms with Crippen molar-refractivity contribution < 1.29 is 30.2 Å². The average molecular weight is 523 g/mol. The van der Waals surface area contributed by atoms with Gasteiger partial charge in [0.2, 0.25) is 0 Å². The van der Waals surface area contributed by atoms with Crippen LogP contribution in [0.4, 0.5) is 4.39 Å². The van der Waals surface area contributed by atoms with Gasteiger partial charge in [-0.05, 0) is 71.1 Å². The van der Waals surface area contributed by atoms with Crippen LogP contribution in [0.2, 0.25) is 0 Å². The minimum absolute atomic E-state index is 0.0221. The molecule has 1 aliphatic heterocycles. The van der Waals surface area contributed by atoms with Crippen LogP contribution in [0, 0.1) is 5.82 Å². The Kier molecular flexibility index (Phi) is 5.61. The lowest BCUT2D eigenvalue weighted by Gasteiger charge is -2.39. The summed E-state index contributed by atoms with van der Waals surface area (Å²) in [5.41, 5.74) is 1.26. The molecular formula is C32H36FNO4. The van der Waals surface area contributed by atoms with E-state index in [4.69, 9.17) is 21.1 Å². The zero-order valence-electron chi connectivity index (χ0n) is 27.3. The van der Waals surface area contributed by atoms with Gasteiger partial charge in [-0.25, -0.2) is 4.39 Å². The molecule has 0 bridgehead atoms. The molecule has 5 nitrogen and oxygen atoms in total. The smallest absolute Gasteiger partial charge is 0.308 e. The van der Waals surface area contributed by atoms with E-state index in [1.54, 1.807) is 71.0 Å². The van der Waals surface area contributed by atoms with Gasteiger partial charge in [0, 0.05) is 35.7 Å². The quantitative estimate of drug-likeness (QED) is 0.313. The summed E-state index contributed by atoms with van der Waals surface area (Å²) in [4.78, 5) is 17.2. The van der Waals surface area contributed by atoms with Crippen molar-refractivity contribution in [2.24, 2.45) is 0 Å². The van der Waals surface area contributed by atoms with Gasteiger partial charge in [0.15, 0.2) is 5.79 Å². The standard InChI is InChI=1S/C32H36FNO4/c1-31(2,3)38-28(35)19-24-18-23(36-32(4,5)37-24)16-17-26-29(20-12-14-22(33)15-13-20)25-8-6-7-9-27(25)34-30(26)21-10-11-21/h6-9,12-17,21,23-24H,10-11,18-19H2,1-5H3/b17-16+/t23-,24-/m1/s1/i10D2,11D2,21D. The zero-order valence-corrected chi connectivity index (χ0v) is 22.3. The monoisotopic (exact) mass is 522 g/mol. The van der Waals surface area contributed by atoms with Crippen molar-refractivity contribution in [2.75, 3.05) is 0 Å². The van der Waals surface area contributed by atoms with E-state index in [9.17, 15) is 9.18 Å². The van der Waals surface area contributed by atoms with Crippen LogP contribution >= 0.6 is 0 Å². The molecule has 2 atom stereocenters. The van der Waals surface area contributed by atoms with Crippen molar-refractivity contribution in [1.82, 2.24) is 4.98 Å². The van der Waals surface area contributed by atoms with Crippen molar-refractivity contribution in [3.05, 3.63) is 71.7 Å². The number of para-hydroxylation sites is 1. The number of esters is 1. The second kappa shape index (κ2) is 10.2. The third kappa shape index (κ3) is 6.30. The van der Waals surface area contributed by atoms with Gasteiger partial charge in [-0.1, -0.05) is 42.5 Å². The van der Waals surface area contributed by atoms with E-state index in [0.717, 1.165) is 0 Å². The highest BCUT2D eigenvalue weighted by Crippen LogP contribution is 2.45. The number of hydrogen-bond donors (Lipinski definition) is 0. The Labute approximate surface area is 231 Å². The molecule has 1 saturated heterocycles. The molecule has 3 aromatic rings. The van der Waals surface area contributed by atoms with Crippen molar-refractivity contribution in [1.29, 1.82) is 0 Å². The molecule has 1 aromatic heterocycles. The van der Waals surface area contributed by atoms with E-state index in [2.05, 4.69) is 4.98 Å². The highest BCUT2D eigenvalue weighted by Gasteiger charge is 2.36. The lowest BCUT2D eigenvalue weighted by atomic mass is 9.92. The molecule has 0 spiro atoms. The first-order valence-corrected chi connectivity index (χ1v) is 12.8. The molecule has 2 aromatic carbocycles. The van der Waals surface area contributed by atoms with Crippen LogP contribution in [0.25, 0.3) is 28.1 Å². The molecule has 200 valence electrons. The Morgan fingerprint density at radius 3 is 2.58 bits per heavy atom. The van der Waals surface area contributed by atoms with Crippen LogP contribution in [-0.2, 0) is 19.0 Å². The molecule has 0 unspecified atom stereocenters. The van der Waals surface area contributed by atoms with E-state index in [0.29, 0.717) is 34.0 Å². The maximum absolute atomic E-state index is 14.0. The number of pyridine rings is 1. The fraction of sp³-hybridized carbons (Fsp3) is 0.438. The maximum Gasteiger partial charge on any atom is 0.308 e. The van der Waals surface area contributed by atoms with Crippen molar-refractivity contribution >= 4 is 22.9 Å². The molecular weight excluding hydrogens is 481 g/mol. The fourth-order valence-electron chi connectivity index (χ4n) is 4.82. The molecule has 1 aliphatic carbocycles. The summed E-state index contributed by atoms with van der Waals surface area (Å²) in [6.45, 7) is 8.87. The van der Waals surface area contributed by atoms with Crippen LogP contribution in [0.1, 0.15) is 84.2 Å². The predicted molar refractivity (Wildman–Crippen MR) is 147 cm³/mol. The van der Waals surface area contributed by atoms with E-state index in [1.807, 2.05) is 12.1 Å². The second-order valence-corrected chi connectivity index (χ2v) is 11.1. The Hall–Kier alpha value is -3.09. The maximum atomic E-state index is 14.0. The highest BCUT2D eigenvalue weighted by molar-refractivity contribution is 5.99. The zero-order chi connectivity index (χ0) is 31.6. The first-order chi connectivity index (χ1) is 19.9. The summed E-state index contributed by atoms with van der Waals surface area (Å²) >= 11 is 0. The predicted octanol–water partition coefficient (Wildman–Crippen LogP) is 7.57. The highest BCUT2D eigenvalue weighted by atomic mass is 19.1. The van der Waals surface area contributed by atoms with E-state index >= 15 is 0 Å². The Bertz CT molecular complexity index is 1570. The van der Waals surface area contributed by atoms with Gasteiger partial charge in [-0.3, -0.25) is 9.78 Å². The molecule has 2 fully saturated rings. The number of hydrogen-bond acceptors (Lipinski definition) is 5. The Balaban J connectivity index is 1.62. The third-order valence-electron chi connectivity index (χ3n) is 6.22. The number of fused-ring (bicyclic) bond motifs is 1. The summed E-state index contributed by atoms with van der Waals surface area (Å²) in [6.07, 6.45) is -2.32. The van der Waals surface area contributed by atoms with Gasteiger partial charge in [0.05, 0.1) is 29.8 Å². The van der Waals surface area contributed by atoms with E-state index < -0.39 is 54.0 Å². The molecule has 0 N–H and O–H groups in total. The number of aromatic nitrogens is 1. The number of carbonyl (C=O) groups is 1. The third-order valence-corrected chi connectivity index (χ3v) is 6.22. The minimum Gasteiger partial charge on any atom is -0.460 e. The topological polar surface area (TPSA) is 57.7 Å². The van der Waals surface area contributed by atoms with Gasteiger partial charge in [-0.15, -0.1) is 0 Å². The lowest BCUT2D eigenvalue weighted by Crippen LogP contribution is -2.45. The summed E-state index contributed by atoms with van der Waals surface area (Å²) in [5.74, 6) is -4.16. The van der Waals surface area contributed by atoms with Gasteiger partial charge < -0.3 is 14.2 Å². The lowest BCUT2D eigenvalue weighted by molar-refractivity contribution is -0.290. The summed E-state index contributed by atoms with van der Waals surface area (Å²) in [7, 11) is 0. The molecule has 2 heterocycles. The largest absolute Gasteiger partial charge is 0.460 e. The minimum atomic E-state index is -2.51. The molecule has 1 saturated carbocycles. The molecule has 2 aliphatic rings. The van der Waals surface area contributed by atoms with Gasteiger partial charge in [0.25, 0.3) is 0 Å². The van der Waals surface area contributed by atoms with Crippen molar-refractivity contribution in [2.45, 2.75) is 89.7 Å². The van der Waals surface area contributed by atoms with Crippen LogP contribution in [-0.4, -0.2) is 34.5 Å². The van der Waals surface area contributed by atoms with E-state index in [-0.39, 0.29) is 12.1 Å². The summed E-state index contributed by atoms with van der Waals surface area (Å²) in [6, 6.07) is 13.0. The number of halogens is 1. The number of rotatable bonds is 6.